The molecule has 1 heteroatoms. The number of hydrogen-bond donors (Lipinski definition) is 0. The van der Waals surface area contributed by atoms with E-state index in [4.69, 9.17) is 0 Å². The molecule has 2 aromatic carbocycles. The van der Waals surface area contributed by atoms with E-state index < -0.39 is 0 Å². The van der Waals surface area contributed by atoms with Crippen LogP contribution < -0.4 is 9.07 Å². The topological polar surface area (TPSA) is 0 Å². The van der Waals surface area contributed by atoms with Gasteiger partial charge in [0, 0.05) is 0 Å². The van der Waals surface area contributed by atoms with Crippen molar-refractivity contribution in [3.05, 3.63) is 59.7 Å². The molecule has 0 saturated heterocycles. The fraction of sp³-hybridized carbons (Fsp3) is 0.571. The van der Waals surface area contributed by atoms with Crippen LogP contribution in [0.3, 0.4) is 0 Å². The second-order valence-corrected chi connectivity index (χ2v) is 9.68. The van der Waals surface area contributed by atoms with Gasteiger partial charge >= 0.3 is 187 Å². The number of aryl methyl sites for hydroxylation is 2. The Balaban J connectivity index is 1.66. The van der Waals surface area contributed by atoms with E-state index in [1.807, 2.05) is 0 Å². The third-order valence-corrected chi connectivity index (χ3v) is 6.83. The monoisotopic (exact) mass is 436 g/mol. The van der Waals surface area contributed by atoms with Crippen LogP contribution >= 0.6 is 0 Å². The first-order valence-electron chi connectivity index (χ1n) is 12.1. The summed E-state index contributed by atoms with van der Waals surface area (Å²) in [5.74, 6) is 0. The first kappa shape index (κ1) is 24.2. The summed E-state index contributed by atoms with van der Waals surface area (Å²) in [6.45, 7) is 4.57. The molecule has 0 unspecified atom stereocenters. The molecule has 0 spiro atoms. The van der Waals surface area contributed by atoms with E-state index in [-0.39, 0.29) is 0 Å². The zero-order valence-corrected chi connectivity index (χ0v) is 19.8. The molecule has 0 N–H and O–H groups in total. The van der Waals surface area contributed by atoms with Gasteiger partial charge in [0.15, 0.2) is 0 Å². The van der Waals surface area contributed by atoms with Gasteiger partial charge in [-0.3, -0.25) is 0 Å². The van der Waals surface area contributed by atoms with Crippen molar-refractivity contribution >= 4 is 9.07 Å². The second kappa shape index (κ2) is 15.7. The Kier molecular flexibility index (Phi) is 13.1. The number of hydrogen-bond acceptors (Lipinski definition) is 0. The number of rotatable bonds is 16. The molecule has 0 atom stereocenters. The van der Waals surface area contributed by atoms with E-state index >= 15 is 0 Å². The van der Waals surface area contributed by atoms with Crippen LogP contribution in [0, 0.1) is 0 Å². The summed E-state index contributed by atoms with van der Waals surface area (Å²) in [6.07, 6.45) is 19.0. The third kappa shape index (κ3) is 11.0. The molecule has 0 aromatic heterocycles. The van der Waals surface area contributed by atoms with Crippen molar-refractivity contribution in [2.75, 3.05) is 0 Å². The predicted octanol–water partition coefficient (Wildman–Crippen LogP) is 7.53. The Labute approximate surface area is 186 Å². The van der Waals surface area contributed by atoms with Gasteiger partial charge in [-0.05, 0) is 0 Å². The molecule has 0 aliphatic heterocycles. The van der Waals surface area contributed by atoms with Gasteiger partial charge < -0.3 is 0 Å². The molecule has 2 aromatic rings. The van der Waals surface area contributed by atoms with Crippen molar-refractivity contribution in [2.45, 2.75) is 104 Å². The fourth-order valence-corrected chi connectivity index (χ4v) is 4.70. The van der Waals surface area contributed by atoms with Gasteiger partial charge in [-0.2, -0.15) is 0 Å². The van der Waals surface area contributed by atoms with E-state index in [9.17, 15) is 0 Å². The van der Waals surface area contributed by atoms with E-state index in [0.29, 0.717) is 0 Å². The zero-order valence-electron chi connectivity index (χ0n) is 18.8. The summed E-state index contributed by atoms with van der Waals surface area (Å²) in [5.41, 5.74) is 2.98. The van der Waals surface area contributed by atoms with Crippen LogP contribution in [-0.2, 0) is 27.3 Å². The minimum atomic E-state index is 1.23. The quantitative estimate of drug-likeness (QED) is 0.188. The molecule has 0 nitrogen and oxygen atoms in total. The summed E-state index contributed by atoms with van der Waals surface area (Å²) in [5, 5.41) is 0. The average Bonchev–Trinajstić information content (AvgIpc) is 2.75. The molecular formula is C28H42Ni. The third-order valence-electron chi connectivity index (χ3n) is 5.61. The first-order chi connectivity index (χ1) is 14.3. The Morgan fingerprint density at radius 3 is 1.17 bits per heavy atom. The summed E-state index contributed by atoms with van der Waals surface area (Å²) >= 11 is 1.67. The Morgan fingerprint density at radius 1 is 0.448 bits per heavy atom. The molecule has 0 fully saturated rings. The summed E-state index contributed by atoms with van der Waals surface area (Å²) in [4.78, 5) is 0. The van der Waals surface area contributed by atoms with Crippen LogP contribution in [0.15, 0.2) is 48.5 Å². The van der Waals surface area contributed by atoms with E-state index in [0.717, 1.165) is 0 Å². The molecule has 0 aliphatic rings. The number of unbranched alkanes of at least 4 members (excludes halogenated alkanes) is 10. The predicted molar refractivity (Wildman–Crippen MR) is 126 cm³/mol. The van der Waals surface area contributed by atoms with Crippen LogP contribution in [0.4, 0.5) is 0 Å². The van der Waals surface area contributed by atoms with Crippen molar-refractivity contribution in [3.8, 4) is 0 Å². The van der Waals surface area contributed by atoms with Crippen LogP contribution in [0.1, 0.15) is 102 Å². The zero-order chi connectivity index (χ0) is 20.6. The van der Waals surface area contributed by atoms with Gasteiger partial charge in [-0.1, -0.05) is 0 Å². The Morgan fingerprint density at radius 2 is 0.793 bits per heavy atom. The van der Waals surface area contributed by atoms with Crippen LogP contribution in [0.5, 0.6) is 0 Å². The van der Waals surface area contributed by atoms with E-state index in [1.54, 1.807) is 14.4 Å². The maximum atomic E-state index is 2.33. The standard InChI is InChI=1S/2C14H21.Ni/c2*1-2-3-4-5-6-8-11-14-12-9-7-10-13-14;/h2*9-10,12-13H,2-6,8,11H2,1H3;. The minimum absolute atomic E-state index is 1.23. The van der Waals surface area contributed by atoms with Gasteiger partial charge in [0.1, 0.15) is 0 Å². The summed E-state index contributed by atoms with van der Waals surface area (Å²) in [6, 6.07) is 18.5. The van der Waals surface area contributed by atoms with Crippen molar-refractivity contribution < 1.29 is 14.4 Å². The van der Waals surface area contributed by atoms with Gasteiger partial charge in [-0.15, -0.1) is 0 Å². The Bertz CT molecular complexity index is 569. The molecule has 164 valence electrons. The molecule has 29 heavy (non-hydrogen) atoms. The SMILES string of the molecule is CCCCCCCCc1cc[c]([Ni][c]2ccc(CCCCCCCC)cc2)cc1. The average molecular weight is 437 g/mol. The second-order valence-electron chi connectivity index (χ2n) is 8.30. The first-order valence-corrected chi connectivity index (χ1v) is 13.1. The molecule has 0 radical (unpaired) electrons. The normalized spacial score (nSPS) is 11.2. The van der Waals surface area contributed by atoms with Crippen LogP contribution in [0.25, 0.3) is 0 Å². The van der Waals surface area contributed by atoms with Crippen molar-refractivity contribution in [1.29, 1.82) is 0 Å². The van der Waals surface area contributed by atoms with Crippen molar-refractivity contribution in [3.63, 3.8) is 0 Å². The Hall–Kier alpha value is -1.07. The molecule has 0 aliphatic carbocycles. The number of benzene rings is 2. The summed E-state index contributed by atoms with van der Waals surface area (Å²) in [7, 11) is 0. The molecule has 0 heterocycles. The molecule has 0 bridgehead atoms. The van der Waals surface area contributed by atoms with Crippen molar-refractivity contribution in [1.82, 2.24) is 0 Å². The molecule has 0 amide bonds. The molecular weight excluding hydrogens is 395 g/mol. The van der Waals surface area contributed by atoms with E-state index in [2.05, 4.69) is 62.4 Å². The maximum absolute atomic E-state index is 2.33. The van der Waals surface area contributed by atoms with Gasteiger partial charge in [0.05, 0.1) is 0 Å². The van der Waals surface area contributed by atoms with Crippen molar-refractivity contribution in [2.24, 2.45) is 0 Å². The van der Waals surface area contributed by atoms with Gasteiger partial charge in [-0.25, -0.2) is 0 Å². The van der Waals surface area contributed by atoms with Gasteiger partial charge in [0.25, 0.3) is 0 Å². The fourth-order valence-electron chi connectivity index (χ4n) is 3.71. The van der Waals surface area contributed by atoms with Crippen LogP contribution in [-0.4, -0.2) is 0 Å². The molecule has 0 saturated carbocycles. The summed E-state index contributed by atoms with van der Waals surface area (Å²) < 4.78 is 2.74. The van der Waals surface area contributed by atoms with Crippen LogP contribution in [0.2, 0.25) is 0 Å². The molecule has 2 rings (SSSR count). The van der Waals surface area contributed by atoms with E-state index in [1.165, 1.54) is 110 Å². The van der Waals surface area contributed by atoms with Gasteiger partial charge in [0.2, 0.25) is 0 Å².